The summed E-state index contributed by atoms with van der Waals surface area (Å²) in [6.45, 7) is 6.25. The van der Waals surface area contributed by atoms with Crippen molar-refractivity contribution in [1.82, 2.24) is 5.32 Å². The van der Waals surface area contributed by atoms with E-state index in [1.165, 1.54) is 0 Å². The molecule has 6 heteroatoms. The highest BCUT2D eigenvalue weighted by molar-refractivity contribution is 7.92. The van der Waals surface area contributed by atoms with E-state index < -0.39 is 10.0 Å². The molecule has 0 atom stereocenters. The second-order valence-electron chi connectivity index (χ2n) is 4.51. The number of hydrogen-bond donors (Lipinski definition) is 2. The lowest BCUT2D eigenvalue weighted by atomic mass is 10.2. The number of aryl methyl sites for hydroxylation is 1. The van der Waals surface area contributed by atoms with Crippen molar-refractivity contribution in [3.05, 3.63) is 28.8 Å². The van der Waals surface area contributed by atoms with Gasteiger partial charge in [0.1, 0.15) is 0 Å². The molecule has 102 valence electrons. The predicted octanol–water partition coefficient (Wildman–Crippen LogP) is 2.39. The Balaban J connectivity index is 2.65. The lowest BCUT2D eigenvalue weighted by Gasteiger charge is -2.11. The average molecular weight is 291 g/mol. The van der Waals surface area contributed by atoms with Crippen molar-refractivity contribution in [2.24, 2.45) is 0 Å². The Morgan fingerprint density at radius 3 is 2.56 bits per heavy atom. The van der Waals surface area contributed by atoms with Crippen LogP contribution in [0.15, 0.2) is 18.2 Å². The Labute approximate surface area is 114 Å². The first-order valence-corrected chi connectivity index (χ1v) is 7.83. The molecule has 0 radical (unpaired) electrons. The first kappa shape index (κ1) is 15.3. The zero-order valence-corrected chi connectivity index (χ0v) is 12.4. The third-order valence-electron chi connectivity index (χ3n) is 2.31. The summed E-state index contributed by atoms with van der Waals surface area (Å²) >= 11 is 5.98. The predicted molar refractivity (Wildman–Crippen MR) is 76.7 cm³/mol. The highest BCUT2D eigenvalue weighted by atomic mass is 35.5. The molecule has 2 N–H and O–H groups in total. The normalized spacial score (nSPS) is 11.8. The van der Waals surface area contributed by atoms with E-state index in [1.807, 2.05) is 26.8 Å². The van der Waals surface area contributed by atoms with Crippen molar-refractivity contribution >= 4 is 27.3 Å². The van der Waals surface area contributed by atoms with Gasteiger partial charge in [0.05, 0.1) is 16.5 Å². The highest BCUT2D eigenvalue weighted by Crippen LogP contribution is 2.23. The van der Waals surface area contributed by atoms with Gasteiger partial charge in [0.15, 0.2) is 0 Å². The van der Waals surface area contributed by atoms with E-state index in [0.29, 0.717) is 17.3 Å². The van der Waals surface area contributed by atoms with Crippen molar-refractivity contribution in [2.45, 2.75) is 26.8 Å². The molecule has 1 rings (SSSR count). The van der Waals surface area contributed by atoms with E-state index in [4.69, 9.17) is 11.6 Å². The number of benzene rings is 1. The number of sulfonamides is 1. The molecule has 0 amide bonds. The topological polar surface area (TPSA) is 58.2 Å². The minimum absolute atomic E-state index is 0.0232. The minimum Gasteiger partial charge on any atom is -0.313 e. The summed E-state index contributed by atoms with van der Waals surface area (Å²) in [5, 5.41) is 3.47. The molecule has 0 saturated heterocycles. The highest BCUT2D eigenvalue weighted by Gasteiger charge is 2.12. The average Bonchev–Trinajstić information content (AvgIpc) is 2.21. The molecule has 0 saturated carbocycles. The van der Waals surface area contributed by atoms with Crippen LogP contribution < -0.4 is 10.0 Å². The molecular weight excluding hydrogens is 272 g/mol. The molecule has 1 aromatic rings. The Hall–Kier alpha value is -0.780. The van der Waals surface area contributed by atoms with Crippen molar-refractivity contribution in [2.75, 3.05) is 17.0 Å². The Kier molecular flexibility index (Phi) is 5.44. The van der Waals surface area contributed by atoms with Crippen LogP contribution in [0.5, 0.6) is 0 Å². The maximum atomic E-state index is 11.8. The second kappa shape index (κ2) is 6.41. The fourth-order valence-corrected chi connectivity index (χ4v) is 2.74. The molecule has 0 aromatic heterocycles. The summed E-state index contributed by atoms with van der Waals surface area (Å²) in [7, 11) is -3.36. The van der Waals surface area contributed by atoms with Crippen molar-refractivity contribution in [3.8, 4) is 0 Å². The fourth-order valence-electron chi connectivity index (χ4n) is 1.40. The van der Waals surface area contributed by atoms with E-state index in [0.717, 1.165) is 5.56 Å². The van der Waals surface area contributed by atoms with E-state index in [2.05, 4.69) is 10.0 Å². The van der Waals surface area contributed by atoms with Crippen LogP contribution in [0.3, 0.4) is 0 Å². The van der Waals surface area contributed by atoms with Gasteiger partial charge >= 0.3 is 0 Å². The molecule has 0 aliphatic rings. The molecule has 0 fully saturated rings. The molecule has 1 aromatic carbocycles. The van der Waals surface area contributed by atoms with Crippen LogP contribution in [0.1, 0.15) is 19.4 Å². The van der Waals surface area contributed by atoms with Crippen molar-refractivity contribution < 1.29 is 8.42 Å². The third kappa shape index (κ3) is 5.25. The molecule has 0 spiro atoms. The number of hydrogen-bond acceptors (Lipinski definition) is 3. The molecule has 0 bridgehead atoms. The smallest absolute Gasteiger partial charge is 0.234 e. The van der Waals surface area contributed by atoms with E-state index in [9.17, 15) is 8.42 Å². The summed E-state index contributed by atoms with van der Waals surface area (Å²) in [6, 6.07) is 5.48. The molecule has 0 heterocycles. The van der Waals surface area contributed by atoms with Crippen LogP contribution in [0, 0.1) is 6.92 Å². The van der Waals surface area contributed by atoms with Crippen LogP contribution in [-0.2, 0) is 10.0 Å². The van der Waals surface area contributed by atoms with Gasteiger partial charge in [0.25, 0.3) is 0 Å². The van der Waals surface area contributed by atoms with Gasteiger partial charge in [0, 0.05) is 12.6 Å². The van der Waals surface area contributed by atoms with Crippen LogP contribution >= 0.6 is 11.6 Å². The summed E-state index contributed by atoms with van der Waals surface area (Å²) < 4.78 is 26.1. The molecule has 0 aliphatic heterocycles. The Morgan fingerprint density at radius 1 is 1.33 bits per heavy atom. The molecule has 18 heavy (non-hydrogen) atoms. The van der Waals surface area contributed by atoms with E-state index >= 15 is 0 Å². The lowest BCUT2D eigenvalue weighted by molar-refractivity contribution is 0.582. The van der Waals surface area contributed by atoms with Gasteiger partial charge in [-0.1, -0.05) is 31.5 Å². The first-order valence-electron chi connectivity index (χ1n) is 5.80. The van der Waals surface area contributed by atoms with Gasteiger partial charge in [-0.05, 0) is 24.6 Å². The summed E-state index contributed by atoms with van der Waals surface area (Å²) in [6.07, 6.45) is 0. The van der Waals surface area contributed by atoms with Crippen molar-refractivity contribution in [3.63, 3.8) is 0 Å². The lowest BCUT2D eigenvalue weighted by Crippen LogP contribution is -2.31. The fraction of sp³-hybridized carbons (Fsp3) is 0.500. The van der Waals surface area contributed by atoms with Crippen LogP contribution in [-0.4, -0.2) is 26.8 Å². The number of anilines is 1. The second-order valence-corrected chi connectivity index (χ2v) is 6.76. The van der Waals surface area contributed by atoms with Crippen LogP contribution in [0.2, 0.25) is 5.02 Å². The standard InChI is InChI=1S/C12H19ClN2O2S/c1-9(2)14-6-7-18(16,17)15-12-5-4-10(3)8-11(12)13/h4-5,8-9,14-15H,6-7H2,1-3H3. The van der Waals surface area contributed by atoms with Crippen LogP contribution in [0.4, 0.5) is 5.69 Å². The van der Waals surface area contributed by atoms with Gasteiger partial charge in [-0.3, -0.25) is 4.72 Å². The quantitative estimate of drug-likeness (QED) is 0.846. The van der Waals surface area contributed by atoms with Gasteiger partial charge in [-0.15, -0.1) is 0 Å². The zero-order valence-electron chi connectivity index (χ0n) is 10.8. The van der Waals surface area contributed by atoms with Crippen molar-refractivity contribution in [1.29, 1.82) is 0 Å². The van der Waals surface area contributed by atoms with Gasteiger partial charge < -0.3 is 5.32 Å². The summed E-state index contributed by atoms with van der Waals surface area (Å²) in [4.78, 5) is 0. The first-order chi connectivity index (χ1) is 8.30. The maximum Gasteiger partial charge on any atom is 0.234 e. The Morgan fingerprint density at radius 2 is 2.00 bits per heavy atom. The molecule has 4 nitrogen and oxygen atoms in total. The van der Waals surface area contributed by atoms with Gasteiger partial charge in [-0.2, -0.15) is 0 Å². The monoisotopic (exact) mass is 290 g/mol. The van der Waals surface area contributed by atoms with E-state index in [-0.39, 0.29) is 11.8 Å². The largest absolute Gasteiger partial charge is 0.313 e. The van der Waals surface area contributed by atoms with Crippen LogP contribution in [0.25, 0.3) is 0 Å². The van der Waals surface area contributed by atoms with Gasteiger partial charge in [0.2, 0.25) is 10.0 Å². The summed E-state index contributed by atoms with van der Waals surface area (Å²) in [5.41, 5.74) is 1.41. The number of nitrogens with one attached hydrogen (secondary N) is 2. The summed E-state index contributed by atoms with van der Waals surface area (Å²) in [5.74, 6) is 0.0232. The Bertz CT molecular complexity index is 501. The van der Waals surface area contributed by atoms with Gasteiger partial charge in [-0.25, -0.2) is 8.42 Å². The van der Waals surface area contributed by atoms with E-state index in [1.54, 1.807) is 12.1 Å². The molecular formula is C12H19ClN2O2S. The maximum absolute atomic E-state index is 11.8. The minimum atomic E-state index is -3.36. The SMILES string of the molecule is Cc1ccc(NS(=O)(=O)CCNC(C)C)c(Cl)c1. The zero-order chi connectivity index (χ0) is 13.8. The number of rotatable bonds is 6. The molecule has 0 aliphatic carbocycles. The third-order valence-corrected chi connectivity index (χ3v) is 3.90. The molecule has 0 unspecified atom stereocenters. The number of halogens is 1.